The van der Waals surface area contributed by atoms with Crippen LogP contribution < -0.4 is 10.9 Å². The van der Waals surface area contributed by atoms with Crippen LogP contribution in [-0.4, -0.2) is 31.8 Å². The number of aryl methyl sites for hydroxylation is 1. The molecule has 0 aromatic carbocycles. The molecule has 2 heterocycles. The number of hydrogen-bond donors (Lipinski definition) is 2. The summed E-state index contributed by atoms with van der Waals surface area (Å²) in [4.78, 5) is 21.8. The topological polar surface area (TPSA) is 80.0 Å². The van der Waals surface area contributed by atoms with Gasteiger partial charge in [-0.2, -0.15) is 4.98 Å². The Morgan fingerprint density at radius 3 is 2.67 bits per heavy atom. The first-order valence-electron chi connectivity index (χ1n) is 8.32. The summed E-state index contributed by atoms with van der Waals surface area (Å²) in [6.07, 6.45) is 4.28. The molecule has 2 N–H and O–H groups in total. The number of fused-ring (bicyclic) bond motifs is 1. The molecule has 1 aliphatic rings. The number of nitrogens with one attached hydrogen (secondary N) is 1. The van der Waals surface area contributed by atoms with Crippen LogP contribution in [0.5, 0.6) is 0 Å². The molecule has 0 unspecified atom stereocenters. The van der Waals surface area contributed by atoms with E-state index in [1.807, 2.05) is 11.5 Å². The van der Waals surface area contributed by atoms with Crippen molar-refractivity contribution >= 4 is 32.9 Å². The minimum Gasteiger partial charge on any atom is -0.389 e. The first kappa shape index (κ1) is 17.4. The first-order chi connectivity index (χ1) is 11.3. The fraction of sp³-hybridized carbons (Fsp3) is 0.588. The van der Waals surface area contributed by atoms with Crippen LogP contribution in [0.15, 0.2) is 15.3 Å². The molecule has 2 aromatic rings. The van der Waals surface area contributed by atoms with Gasteiger partial charge in [0.1, 0.15) is 5.65 Å². The maximum Gasteiger partial charge on any atom is 0.266 e. The SMILES string of the molecule is Cc1nc(NCC(C)(C)O)nc2c1cc(Br)c(=O)n2C1CCCC1. The number of pyridine rings is 1. The second kappa shape index (κ2) is 6.44. The van der Waals surface area contributed by atoms with Gasteiger partial charge in [-0.1, -0.05) is 12.8 Å². The van der Waals surface area contributed by atoms with Gasteiger partial charge in [-0.15, -0.1) is 0 Å². The van der Waals surface area contributed by atoms with Crippen LogP contribution in [0, 0.1) is 6.92 Å². The Balaban J connectivity index is 2.14. The predicted octanol–water partition coefficient (Wildman–Crippen LogP) is 3.16. The largest absolute Gasteiger partial charge is 0.389 e. The molecule has 0 aliphatic heterocycles. The summed E-state index contributed by atoms with van der Waals surface area (Å²) in [5.74, 6) is 0.440. The normalized spacial score (nSPS) is 16.0. The van der Waals surface area contributed by atoms with Crippen LogP contribution in [0.25, 0.3) is 11.0 Å². The Bertz CT molecular complexity index is 820. The van der Waals surface area contributed by atoms with E-state index in [2.05, 4.69) is 31.2 Å². The summed E-state index contributed by atoms with van der Waals surface area (Å²) < 4.78 is 2.36. The molecule has 0 amide bonds. The summed E-state index contributed by atoms with van der Waals surface area (Å²) >= 11 is 3.39. The number of nitrogens with zero attached hydrogens (tertiary/aromatic N) is 3. The number of anilines is 1. The Hall–Kier alpha value is -1.47. The highest BCUT2D eigenvalue weighted by atomic mass is 79.9. The van der Waals surface area contributed by atoms with Crippen molar-refractivity contribution < 1.29 is 5.11 Å². The van der Waals surface area contributed by atoms with Crippen molar-refractivity contribution in [2.75, 3.05) is 11.9 Å². The Morgan fingerprint density at radius 2 is 2.04 bits per heavy atom. The molecule has 0 saturated heterocycles. The van der Waals surface area contributed by atoms with E-state index in [-0.39, 0.29) is 11.6 Å². The summed E-state index contributed by atoms with van der Waals surface area (Å²) in [5, 5.41) is 13.8. The third-order valence-electron chi connectivity index (χ3n) is 4.41. The summed E-state index contributed by atoms with van der Waals surface area (Å²) in [6.45, 7) is 5.69. The molecule has 3 rings (SSSR count). The van der Waals surface area contributed by atoms with Crippen molar-refractivity contribution in [1.29, 1.82) is 0 Å². The van der Waals surface area contributed by atoms with Gasteiger partial charge in [0.05, 0.1) is 15.8 Å². The average molecular weight is 395 g/mol. The van der Waals surface area contributed by atoms with E-state index in [9.17, 15) is 9.90 Å². The van der Waals surface area contributed by atoms with Crippen molar-refractivity contribution in [3.63, 3.8) is 0 Å². The zero-order valence-electron chi connectivity index (χ0n) is 14.3. The van der Waals surface area contributed by atoms with Gasteiger partial charge in [0.15, 0.2) is 0 Å². The fourth-order valence-corrected chi connectivity index (χ4v) is 3.61. The van der Waals surface area contributed by atoms with E-state index in [0.29, 0.717) is 22.6 Å². The number of rotatable bonds is 4. The van der Waals surface area contributed by atoms with Gasteiger partial charge in [-0.25, -0.2) is 4.98 Å². The Kier molecular flexibility index (Phi) is 4.66. The van der Waals surface area contributed by atoms with Crippen LogP contribution >= 0.6 is 15.9 Å². The van der Waals surface area contributed by atoms with Crippen LogP contribution in [0.1, 0.15) is 51.3 Å². The molecule has 0 radical (unpaired) electrons. The van der Waals surface area contributed by atoms with Crippen molar-refractivity contribution in [2.45, 2.75) is 58.1 Å². The maximum absolute atomic E-state index is 12.7. The fourth-order valence-electron chi connectivity index (χ4n) is 3.19. The first-order valence-corrected chi connectivity index (χ1v) is 9.11. The lowest BCUT2D eigenvalue weighted by Crippen LogP contribution is -2.30. The van der Waals surface area contributed by atoms with Crippen LogP contribution in [0.3, 0.4) is 0 Å². The van der Waals surface area contributed by atoms with Crippen molar-refractivity contribution in [3.8, 4) is 0 Å². The predicted molar refractivity (Wildman–Crippen MR) is 98.5 cm³/mol. The highest BCUT2D eigenvalue weighted by Crippen LogP contribution is 2.31. The minimum atomic E-state index is -0.864. The van der Waals surface area contributed by atoms with Crippen LogP contribution in [0.2, 0.25) is 0 Å². The highest BCUT2D eigenvalue weighted by molar-refractivity contribution is 9.10. The van der Waals surface area contributed by atoms with Crippen LogP contribution in [-0.2, 0) is 0 Å². The molecule has 0 spiro atoms. The van der Waals surface area contributed by atoms with Crippen molar-refractivity contribution in [2.24, 2.45) is 0 Å². The van der Waals surface area contributed by atoms with E-state index < -0.39 is 5.60 Å². The molecular formula is C17H23BrN4O2. The lowest BCUT2D eigenvalue weighted by molar-refractivity contribution is 0.0943. The third-order valence-corrected chi connectivity index (χ3v) is 4.98. The molecular weight excluding hydrogens is 372 g/mol. The molecule has 130 valence electrons. The molecule has 0 atom stereocenters. The standard InChI is InChI=1S/C17H23BrN4O2/c1-10-12-8-13(18)15(23)22(11-6-4-5-7-11)14(12)21-16(20-10)19-9-17(2,3)24/h8,11,24H,4-7,9H2,1-3H3,(H,19,20,21). The second-order valence-electron chi connectivity index (χ2n) is 7.14. The summed E-state index contributed by atoms with van der Waals surface area (Å²) in [7, 11) is 0. The lowest BCUT2D eigenvalue weighted by atomic mass is 10.1. The molecule has 2 aromatic heterocycles. The quantitative estimate of drug-likeness (QED) is 0.832. The third kappa shape index (κ3) is 3.47. The lowest BCUT2D eigenvalue weighted by Gasteiger charge is -2.20. The van der Waals surface area contributed by atoms with Gasteiger partial charge in [0.2, 0.25) is 5.95 Å². The van der Waals surface area contributed by atoms with Gasteiger partial charge in [0, 0.05) is 18.0 Å². The summed E-state index contributed by atoms with van der Waals surface area (Å²) in [5.41, 5.74) is 0.573. The second-order valence-corrected chi connectivity index (χ2v) is 8.00. The van der Waals surface area contributed by atoms with Gasteiger partial charge < -0.3 is 10.4 Å². The van der Waals surface area contributed by atoms with Crippen molar-refractivity contribution in [1.82, 2.24) is 14.5 Å². The highest BCUT2D eigenvalue weighted by Gasteiger charge is 2.23. The zero-order valence-corrected chi connectivity index (χ0v) is 15.9. The molecule has 24 heavy (non-hydrogen) atoms. The maximum atomic E-state index is 12.7. The minimum absolute atomic E-state index is 0.0408. The summed E-state index contributed by atoms with van der Waals surface area (Å²) in [6, 6.07) is 1.99. The Morgan fingerprint density at radius 1 is 1.38 bits per heavy atom. The molecule has 1 aliphatic carbocycles. The molecule has 1 fully saturated rings. The van der Waals surface area contributed by atoms with E-state index in [1.165, 1.54) is 0 Å². The van der Waals surface area contributed by atoms with Crippen molar-refractivity contribution in [3.05, 3.63) is 26.6 Å². The Labute approximate surface area is 149 Å². The monoisotopic (exact) mass is 394 g/mol. The average Bonchev–Trinajstić information content (AvgIpc) is 3.00. The number of aliphatic hydroxyl groups is 1. The van der Waals surface area contributed by atoms with E-state index in [1.54, 1.807) is 19.9 Å². The van der Waals surface area contributed by atoms with E-state index >= 15 is 0 Å². The molecule has 7 heteroatoms. The smallest absolute Gasteiger partial charge is 0.266 e. The molecule has 0 bridgehead atoms. The van der Waals surface area contributed by atoms with Crippen LogP contribution in [0.4, 0.5) is 5.95 Å². The van der Waals surface area contributed by atoms with Gasteiger partial charge in [-0.3, -0.25) is 9.36 Å². The number of halogens is 1. The molecule has 6 nitrogen and oxygen atoms in total. The number of hydrogen-bond acceptors (Lipinski definition) is 5. The zero-order chi connectivity index (χ0) is 17.5. The van der Waals surface area contributed by atoms with Gasteiger partial charge in [0.25, 0.3) is 5.56 Å². The number of aromatic nitrogens is 3. The van der Waals surface area contributed by atoms with E-state index in [4.69, 9.17) is 0 Å². The molecule has 1 saturated carbocycles. The van der Waals surface area contributed by atoms with Gasteiger partial charge in [-0.05, 0) is 55.6 Å². The van der Waals surface area contributed by atoms with E-state index in [0.717, 1.165) is 36.8 Å². The van der Waals surface area contributed by atoms with Gasteiger partial charge >= 0.3 is 0 Å².